The van der Waals surface area contributed by atoms with Gasteiger partial charge in [-0.2, -0.15) is 0 Å². The summed E-state index contributed by atoms with van der Waals surface area (Å²) in [5.41, 5.74) is 2.14. The number of hydrogen-bond acceptors (Lipinski definition) is 2. The van der Waals surface area contributed by atoms with Gasteiger partial charge < -0.3 is 10.4 Å². The summed E-state index contributed by atoms with van der Waals surface area (Å²) in [4.78, 5) is 7.60. The molecule has 2 rings (SSSR count). The van der Waals surface area contributed by atoms with Gasteiger partial charge in [-0.3, -0.25) is 0 Å². The van der Waals surface area contributed by atoms with Crippen molar-refractivity contribution in [2.75, 3.05) is 0 Å². The lowest BCUT2D eigenvalue weighted by atomic mass is 10.1. The van der Waals surface area contributed by atoms with E-state index in [4.69, 9.17) is 5.41 Å². The van der Waals surface area contributed by atoms with E-state index in [1.807, 2.05) is 36.5 Å². The van der Waals surface area contributed by atoms with Crippen molar-refractivity contribution < 1.29 is 0 Å². The third-order valence-electron chi connectivity index (χ3n) is 2.67. The molecule has 0 amide bonds. The van der Waals surface area contributed by atoms with Gasteiger partial charge in [0.15, 0.2) is 0 Å². The second-order valence-electron chi connectivity index (χ2n) is 3.73. The molecule has 3 heteroatoms. The molecule has 0 saturated carbocycles. The topological polar surface area (TPSA) is 52.5 Å². The van der Waals surface area contributed by atoms with Crippen LogP contribution in [0, 0.1) is 5.41 Å². The first-order chi connectivity index (χ1) is 7.85. The van der Waals surface area contributed by atoms with Crippen molar-refractivity contribution in [3.63, 3.8) is 0 Å². The highest BCUT2D eigenvalue weighted by Gasteiger charge is 2.10. The van der Waals surface area contributed by atoms with Gasteiger partial charge in [-0.15, -0.1) is 0 Å². The third kappa shape index (κ3) is 2.03. The molecule has 82 valence electrons. The van der Waals surface area contributed by atoms with Gasteiger partial charge in [-0.05, 0) is 12.0 Å². The fourth-order valence-electron chi connectivity index (χ4n) is 1.68. The van der Waals surface area contributed by atoms with E-state index in [9.17, 15) is 0 Å². The first-order valence-electron chi connectivity index (χ1n) is 5.46. The van der Waals surface area contributed by atoms with E-state index in [-0.39, 0.29) is 5.92 Å². The van der Waals surface area contributed by atoms with Crippen molar-refractivity contribution >= 4 is 6.21 Å². The highest BCUT2D eigenvalue weighted by molar-refractivity contribution is 5.64. The lowest BCUT2D eigenvalue weighted by molar-refractivity contribution is 0.798. The number of aromatic amines is 1. The van der Waals surface area contributed by atoms with Crippen molar-refractivity contribution in [3.8, 4) is 11.3 Å². The lowest BCUT2D eigenvalue weighted by Crippen LogP contribution is -2.00. The van der Waals surface area contributed by atoms with E-state index in [0.717, 1.165) is 23.5 Å². The van der Waals surface area contributed by atoms with Crippen LogP contribution in [0.5, 0.6) is 0 Å². The van der Waals surface area contributed by atoms with Crippen LogP contribution in [0.1, 0.15) is 25.1 Å². The average molecular weight is 213 g/mol. The maximum Gasteiger partial charge on any atom is 0.114 e. The molecular formula is C13H15N3. The highest BCUT2D eigenvalue weighted by atomic mass is 14.9. The van der Waals surface area contributed by atoms with Gasteiger partial charge in [0.1, 0.15) is 5.82 Å². The maximum absolute atomic E-state index is 7.33. The van der Waals surface area contributed by atoms with Crippen molar-refractivity contribution in [2.45, 2.75) is 19.3 Å². The molecule has 0 aliphatic heterocycles. The Balaban J connectivity index is 2.29. The molecule has 1 aromatic carbocycles. The number of aromatic nitrogens is 2. The molecule has 0 saturated heterocycles. The van der Waals surface area contributed by atoms with Gasteiger partial charge >= 0.3 is 0 Å². The molecule has 2 N–H and O–H groups in total. The van der Waals surface area contributed by atoms with E-state index in [2.05, 4.69) is 16.9 Å². The predicted molar refractivity (Wildman–Crippen MR) is 65.8 cm³/mol. The van der Waals surface area contributed by atoms with E-state index in [1.54, 1.807) is 0 Å². The van der Waals surface area contributed by atoms with Crippen LogP contribution in [0.3, 0.4) is 0 Å². The molecule has 0 aliphatic rings. The second kappa shape index (κ2) is 4.75. The zero-order chi connectivity index (χ0) is 11.4. The molecule has 1 atom stereocenters. The molecule has 1 aromatic heterocycles. The maximum atomic E-state index is 7.33. The molecule has 3 nitrogen and oxygen atoms in total. The van der Waals surface area contributed by atoms with E-state index >= 15 is 0 Å². The Morgan fingerprint density at radius 2 is 2.12 bits per heavy atom. The normalized spacial score (nSPS) is 12.3. The summed E-state index contributed by atoms with van der Waals surface area (Å²) in [5, 5.41) is 7.33. The van der Waals surface area contributed by atoms with Gasteiger partial charge in [0.2, 0.25) is 0 Å². The van der Waals surface area contributed by atoms with Crippen LogP contribution in [0.2, 0.25) is 0 Å². The number of benzene rings is 1. The number of nitrogens with one attached hydrogen (secondary N) is 2. The third-order valence-corrected chi connectivity index (χ3v) is 2.67. The zero-order valence-corrected chi connectivity index (χ0v) is 9.27. The van der Waals surface area contributed by atoms with Crippen molar-refractivity contribution in [3.05, 3.63) is 42.4 Å². The van der Waals surface area contributed by atoms with Crippen LogP contribution in [-0.4, -0.2) is 16.2 Å². The molecule has 0 fully saturated rings. The summed E-state index contributed by atoms with van der Waals surface area (Å²) < 4.78 is 0. The van der Waals surface area contributed by atoms with Gasteiger partial charge in [0.05, 0.1) is 17.8 Å². The van der Waals surface area contributed by atoms with Crippen LogP contribution >= 0.6 is 0 Å². The van der Waals surface area contributed by atoms with Gasteiger partial charge in [0, 0.05) is 6.21 Å². The minimum Gasteiger partial charge on any atom is -0.341 e. The van der Waals surface area contributed by atoms with Crippen molar-refractivity contribution in [1.29, 1.82) is 5.41 Å². The minimum atomic E-state index is 0.0949. The molecule has 16 heavy (non-hydrogen) atoms. The van der Waals surface area contributed by atoms with Crippen LogP contribution < -0.4 is 0 Å². The van der Waals surface area contributed by atoms with Crippen LogP contribution in [0.25, 0.3) is 11.3 Å². The molecule has 1 unspecified atom stereocenters. The Bertz CT molecular complexity index is 459. The highest BCUT2D eigenvalue weighted by Crippen LogP contribution is 2.20. The van der Waals surface area contributed by atoms with Crippen molar-refractivity contribution in [2.24, 2.45) is 0 Å². The Hall–Kier alpha value is -1.90. The largest absolute Gasteiger partial charge is 0.341 e. The van der Waals surface area contributed by atoms with Gasteiger partial charge in [-0.1, -0.05) is 37.3 Å². The lowest BCUT2D eigenvalue weighted by Gasteiger charge is -2.03. The number of hydrogen-bond donors (Lipinski definition) is 2. The second-order valence-corrected chi connectivity index (χ2v) is 3.73. The zero-order valence-electron chi connectivity index (χ0n) is 9.27. The number of H-pyrrole nitrogens is 1. The van der Waals surface area contributed by atoms with Crippen LogP contribution in [-0.2, 0) is 0 Å². The monoisotopic (exact) mass is 213 g/mol. The Kier molecular flexibility index (Phi) is 3.15. The van der Waals surface area contributed by atoms with Crippen LogP contribution in [0.4, 0.5) is 0 Å². The van der Waals surface area contributed by atoms with E-state index < -0.39 is 0 Å². The van der Waals surface area contributed by atoms with Gasteiger partial charge in [0.25, 0.3) is 0 Å². The quantitative estimate of drug-likeness (QED) is 0.753. The summed E-state index contributed by atoms with van der Waals surface area (Å²) in [6, 6.07) is 10.1. The summed E-state index contributed by atoms with van der Waals surface area (Å²) >= 11 is 0. The number of imidazole rings is 1. The summed E-state index contributed by atoms with van der Waals surface area (Å²) in [6.45, 7) is 2.06. The van der Waals surface area contributed by atoms with Crippen molar-refractivity contribution in [1.82, 2.24) is 9.97 Å². The molecule has 0 bridgehead atoms. The smallest absolute Gasteiger partial charge is 0.114 e. The van der Waals surface area contributed by atoms with Gasteiger partial charge in [-0.25, -0.2) is 4.98 Å². The number of rotatable bonds is 4. The number of nitrogens with zero attached hydrogens (tertiary/aromatic N) is 1. The fraction of sp³-hybridized carbons (Fsp3) is 0.231. The van der Waals surface area contributed by atoms with Crippen LogP contribution in [0.15, 0.2) is 36.5 Å². The fourth-order valence-corrected chi connectivity index (χ4v) is 1.68. The first-order valence-corrected chi connectivity index (χ1v) is 5.46. The molecule has 2 aromatic rings. The summed E-state index contributed by atoms with van der Waals surface area (Å²) in [7, 11) is 0. The Labute approximate surface area is 95.1 Å². The molecule has 0 radical (unpaired) electrons. The Morgan fingerprint density at radius 3 is 2.75 bits per heavy atom. The van der Waals surface area contributed by atoms with E-state index in [0.29, 0.717) is 0 Å². The first kappa shape index (κ1) is 10.6. The SMILES string of the molecule is CCC(C=N)c1ncc(-c2ccccc2)[nH]1. The minimum absolute atomic E-state index is 0.0949. The predicted octanol–water partition coefficient (Wildman–Crippen LogP) is 3.22. The summed E-state index contributed by atoms with van der Waals surface area (Å²) in [6.07, 6.45) is 4.16. The molecule has 0 aliphatic carbocycles. The average Bonchev–Trinajstić information content (AvgIpc) is 2.81. The Morgan fingerprint density at radius 1 is 1.38 bits per heavy atom. The molecule has 0 spiro atoms. The summed E-state index contributed by atoms with van der Waals surface area (Å²) in [5.74, 6) is 0.966. The molecule has 1 heterocycles. The van der Waals surface area contributed by atoms with E-state index in [1.165, 1.54) is 6.21 Å². The standard InChI is InChI=1S/C13H15N3/c1-2-10(8-14)13-15-9-12(16-13)11-6-4-3-5-7-11/h3-10,14H,2H2,1H3,(H,15,16). The molecular weight excluding hydrogens is 198 g/mol.